The Bertz CT molecular complexity index is 974. The number of nitrogens with one attached hydrogen (secondary N) is 1. The molecule has 1 aromatic heterocycles. The molecule has 158 valence electrons. The van der Waals surface area contributed by atoms with Crippen molar-refractivity contribution in [2.24, 2.45) is 0 Å². The summed E-state index contributed by atoms with van der Waals surface area (Å²) in [5.41, 5.74) is 1.39. The van der Waals surface area contributed by atoms with Crippen LogP contribution in [0, 0.1) is 0 Å². The highest BCUT2D eigenvalue weighted by Crippen LogP contribution is 2.35. The summed E-state index contributed by atoms with van der Waals surface area (Å²) in [4.78, 5) is 17.2. The largest absolute Gasteiger partial charge is 0.497 e. The minimum atomic E-state index is -3.43. The number of methoxy groups -OCH3 is 2. The first kappa shape index (κ1) is 21.5. The van der Waals surface area contributed by atoms with Crippen molar-refractivity contribution in [2.45, 2.75) is 32.2 Å². The van der Waals surface area contributed by atoms with E-state index in [-0.39, 0.29) is 11.7 Å². The Balaban J connectivity index is 1.78. The van der Waals surface area contributed by atoms with Crippen LogP contribution in [0.1, 0.15) is 26.2 Å². The van der Waals surface area contributed by atoms with Crippen molar-refractivity contribution in [1.29, 1.82) is 0 Å². The number of sulfonamides is 1. The van der Waals surface area contributed by atoms with Crippen LogP contribution in [0.15, 0.2) is 23.6 Å². The lowest BCUT2D eigenvalue weighted by atomic mass is 10.1. The molecule has 0 bridgehead atoms. The number of hydrogen-bond donors (Lipinski definition) is 1. The van der Waals surface area contributed by atoms with Gasteiger partial charge in [0.25, 0.3) is 0 Å². The van der Waals surface area contributed by atoms with Crippen molar-refractivity contribution in [2.75, 3.05) is 31.8 Å². The zero-order valence-corrected chi connectivity index (χ0v) is 18.3. The predicted octanol–water partition coefficient (Wildman–Crippen LogP) is 2.97. The molecule has 1 saturated heterocycles. The fourth-order valence-electron chi connectivity index (χ4n) is 3.37. The molecule has 29 heavy (non-hydrogen) atoms. The molecule has 1 aliphatic rings. The average molecular weight is 440 g/mol. The second-order valence-corrected chi connectivity index (χ2v) is 9.58. The number of thiazole rings is 1. The maximum atomic E-state index is 12.8. The van der Waals surface area contributed by atoms with E-state index >= 15 is 0 Å². The quantitative estimate of drug-likeness (QED) is 0.679. The Labute approximate surface area is 174 Å². The lowest BCUT2D eigenvalue weighted by molar-refractivity contribution is -0.119. The van der Waals surface area contributed by atoms with Crippen LogP contribution in [-0.4, -0.2) is 56.2 Å². The third-order valence-electron chi connectivity index (χ3n) is 4.74. The standard InChI is InChI=1S/C19H25N3O5S2/c1-4-10-29(24,25)22-9-5-6-16(22)18(23)21-19-20-15(12-28-19)14-11-13(26-2)7-8-17(14)27-3/h7-8,11-12,16H,4-6,9-10H2,1-3H3,(H,20,21,23)/t16-/m1/s1. The van der Waals surface area contributed by atoms with E-state index in [2.05, 4.69) is 10.3 Å². The lowest BCUT2D eigenvalue weighted by Gasteiger charge is -2.22. The average Bonchev–Trinajstić information content (AvgIpc) is 3.37. The molecular weight excluding hydrogens is 414 g/mol. The van der Waals surface area contributed by atoms with Gasteiger partial charge in [-0.05, 0) is 37.5 Å². The van der Waals surface area contributed by atoms with Gasteiger partial charge in [0, 0.05) is 17.5 Å². The topological polar surface area (TPSA) is 97.8 Å². The molecule has 1 aliphatic heterocycles. The van der Waals surface area contributed by atoms with Crippen molar-refractivity contribution in [3.8, 4) is 22.8 Å². The van der Waals surface area contributed by atoms with Gasteiger partial charge >= 0.3 is 0 Å². The van der Waals surface area contributed by atoms with Crippen LogP contribution in [0.25, 0.3) is 11.3 Å². The molecule has 1 atom stereocenters. The number of ether oxygens (including phenoxy) is 2. The van der Waals surface area contributed by atoms with Crippen LogP contribution in [0.4, 0.5) is 5.13 Å². The summed E-state index contributed by atoms with van der Waals surface area (Å²) in [6, 6.07) is 4.71. The molecule has 3 rings (SSSR count). The Morgan fingerprint density at radius 3 is 2.83 bits per heavy atom. The third-order valence-corrected chi connectivity index (χ3v) is 7.58. The normalized spacial score (nSPS) is 17.3. The molecular formula is C19H25N3O5S2. The fourth-order valence-corrected chi connectivity index (χ4v) is 5.83. The first-order valence-corrected chi connectivity index (χ1v) is 11.9. The predicted molar refractivity (Wildman–Crippen MR) is 113 cm³/mol. The molecule has 1 fully saturated rings. The molecule has 0 aliphatic carbocycles. The summed E-state index contributed by atoms with van der Waals surface area (Å²) in [6.45, 7) is 2.19. The Kier molecular flexibility index (Phi) is 6.76. The number of rotatable bonds is 8. The van der Waals surface area contributed by atoms with E-state index in [1.165, 1.54) is 15.6 Å². The van der Waals surface area contributed by atoms with Crippen molar-refractivity contribution in [3.63, 3.8) is 0 Å². The van der Waals surface area contributed by atoms with Gasteiger partial charge in [0.2, 0.25) is 15.9 Å². The Morgan fingerprint density at radius 2 is 2.14 bits per heavy atom. The smallest absolute Gasteiger partial charge is 0.244 e. The van der Waals surface area contributed by atoms with Gasteiger partial charge in [-0.2, -0.15) is 4.31 Å². The van der Waals surface area contributed by atoms with Gasteiger partial charge in [-0.3, -0.25) is 4.79 Å². The van der Waals surface area contributed by atoms with E-state index in [4.69, 9.17) is 9.47 Å². The van der Waals surface area contributed by atoms with E-state index in [1.54, 1.807) is 26.4 Å². The summed E-state index contributed by atoms with van der Waals surface area (Å²) >= 11 is 1.28. The lowest BCUT2D eigenvalue weighted by Crippen LogP contribution is -2.44. The van der Waals surface area contributed by atoms with E-state index in [9.17, 15) is 13.2 Å². The number of hydrogen-bond acceptors (Lipinski definition) is 7. The maximum Gasteiger partial charge on any atom is 0.244 e. The van der Waals surface area contributed by atoms with Gasteiger partial charge in [0.05, 0.1) is 25.7 Å². The molecule has 0 radical (unpaired) electrons. The van der Waals surface area contributed by atoms with Gasteiger partial charge in [-0.25, -0.2) is 13.4 Å². The van der Waals surface area contributed by atoms with Crippen molar-refractivity contribution >= 4 is 32.4 Å². The van der Waals surface area contributed by atoms with Crippen molar-refractivity contribution in [3.05, 3.63) is 23.6 Å². The molecule has 10 heteroatoms. The van der Waals surface area contributed by atoms with E-state index < -0.39 is 16.1 Å². The number of nitrogens with zero attached hydrogens (tertiary/aromatic N) is 2. The molecule has 0 unspecified atom stereocenters. The number of carbonyl (C=O) groups is 1. The van der Waals surface area contributed by atoms with E-state index in [0.29, 0.717) is 48.1 Å². The molecule has 0 spiro atoms. The van der Waals surface area contributed by atoms with Crippen LogP contribution in [0.3, 0.4) is 0 Å². The highest BCUT2D eigenvalue weighted by atomic mass is 32.2. The summed E-state index contributed by atoms with van der Waals surface area (Å²) in [5, 5.41) is 5.00. The van der Waals surface area contributed by atoms with Crippen molar-refractivity contribution < 1.29 is 22.7 Å². The third kappa shape index (κ3) is 4.71. The highest BCUT2D eigenvalue weighted by molar-refractivity contribution is 7.89. The number of anilines is 1. The van der Waals surface area contributed by atoms with Crippen LogP contribution in [0.5, 0.6) is 11.5 Å². The maximum absolute atomic E-state index is 12.8. The van der Waals surface area contributed by atoms with E-state index in [0.717, 1.165) is 5.56 Å². The van der Waals surface area contributed by atoms with Gasteiger partial charge < -0.3 is 14.8 Å². The summed E-state index contributed by atoms with van der Waals surface area (Å²) in [6.07, 6.45) is 1.70. The van der Waals surface area contributed by atoms with Crippen LogP contribution < -0.4 is 14.8 Å². The minimum absolute atomic E-state index is 0.0494. The molecule has 1 amide bonds. The molecule has 1 N–H and O–H groups in total. The first-order valence-electron chi connectivity index (χ1n) is 9.38. The number of carbonyl (C=O) groups excluding carboxylic acids is 1. The molecule has 2 aromatic rings. The molecule has 2 heterocycles. The minimum Gasteiger partial charge on any atom is -0.497 e. The number of aromatic nitrogens is 1. The SMILES string of the molecule is CCCS(=O)(=O)N1CCC[C@@H]1C(=O)Nc1nc(-c2cc(OC)ccc2OC)cs1. The van der Waals surface area contributed by atoms with Crippen LogP contribution >= 0.6 is 11.3 Å². The van der Waals surface area contributed by atoms with Crippen LogP contribution in [0.2, 0.25) is 0 Å². The Morgan fingerprint density at radius 1 is 1.34 bits per heavy atom. The Hall–Kier alpha value is -2.17. The number of amides is 1. The van der Waals surface area contributed by atoms with Crippen LogP contribution in [-0.2, 0) is 14.8 Å². The molecule has 0 saturated carbocycles. The zero-order valence-electron chi connectivity index (χ0n) is 16.7. The fraction of sp³-hybridized carbons (Fsp3) is 0.474. The monoisotopic (exact) mass is 439 g/mol. The molecule has 8 nitrogen and oxygen atoms in total. The second kappa shape index (κ2) is 9.10. The number of benzene rings is 1. The summed E-state index contributed by atoms with van der Waals surface area (Å²) in [7, 11) is -0.269. The summed E-state index contributed by atoms with van der Waals surface area (Å²) < 4.78 is 36.8. The first-order chi connectivity index (χ1) is 13.9. The zero-order chi connectivity index (χ0) is 21.0. The van der Waals surface area contributed by atoms with E-state index in [1.807, 2.05) is 18.4 Å². The second-order valence-electron chi connectivity index (χ2n) is 6.68. The van der Waals surface area contributed by atoms with Gasteiger partial charge in [-0.1, -0.05) is 6.92 Å². The molecule has 1 aromatic carbocycles. The van der Waals surface area contributed by atoms with Gasteiger partial charge in [0.15, 0.2) is 5.13 Å². The highest BCUT2D eigenvalue weighted by Gasteiger charge is 2.38. The van der Waals surface area contributed by atoms with Gasteiger partial charge in [0.1, 0.15) is 17.5 Å². The van der Waals surface area contributed by atoms with Gasteiger partial charge in [-0.15, -0.1) is 11.3 Å². The summed E-state index contributed by atoms with van der Waals surface area (Å²) in [5.74, 6) is 1.01. The van der Waals surface area contributed by atoms with Crippen molar-refractivity contribution in [1.82, 2.24) is 9.29 Å².